The number of benzene rings is 2. The average Bonchev–Trinajstić information content (AvgIpc) is 3.26. The summed E-state index contributed by atoms with van der Waals surface area (Å²) in [6, 6.07) is 13.3. The van der Waals surface area contributed by atoms with Gasteiger partial charge in [-0.15, -0.1) is 13.2 Å². The first-order valence-electron chi connectivity index (χ1n) is 9.59. The van der Waals surface area contributed by atoms with E-state index in [0.29, 0.717) is 40.2 Å². The van der Waals surface area contributed by atoms with Crippen LogP contribution in [-0.4, -0.2) is 31.3 Å². The van der Waals surface area contributed by atoms with Crippen LogP contribution in [0.5, 0.6) is 5.75 Å². The molecule has 0 aliphatic carbocycles. The number of fused-ring (bicyclic) bond motifs is 2. The molecular weight excluding hydrogens is 421 g/mol. The van der Waals surface area contributed by atoms with Crippen LogP contribution in [0.3, 0.4) is 0 Å². The van der Waals surface area contributed by atoms with E-state index in [1.165, 1.54) is 18.5 Å². The van der Waals surface area contributed by atoms with E-state index in [1.807, 2.05) is 12.1 Å². The third kappa shape index (κ3) is 3.89. The van der Waals surface area contributed by atoms with Gasteiger partial charge >= 0.3 is 6.36 Å². The number of aromatic nitrogens is 5. The summed E-state index contributed by atoms with van der Waals surface area (Å²) in [6.45, 7) is 0.437. The van der Waals surface area contributed by atoms with Crippen LogP contribution < -0.4 is 10.1 Å². The summed E-state index contributed by atoms with van der Waals surface area (Å²) in [6.07, 6.45) is -0.133. The monoisotopic (exact) mass is 436 g/mol. The summed E-state index contributed by atoms with van der Waals surface area (Å²) in [4.78, 5) is 19.9. The fraction of sp³-hybridized carbons (Fsp3) is 0.0909. The minimum absolute atomic E-state index is 0.271. The molecule has 0 atom stereocenters. The zero-order chi connectivity index (χ0) is 22.1. The van der Waals surface area contributed by atoms with Crippen molar-refractivity contribution < 1.29 is 17.9 Å². The summed E-state index contributed by atoms with van der Waals surface area (Å²) < 4.78 is 42.8. The molecule has 2 N–H and O–H groups in total. The molecule has 0 unspecified atom stereocenters. The van der Waals surface area contributed by atoms with Crippen molar-refractivity contribution >= 4 is 27.9 Å². The third-order valence-electron chi connectivity index (χ3n) is 4.85. The number of halogens is 3. The van der Waals surface area contributed by atoms with E-state index in [9.17, 15) is 13.2 Å². The van der Waals surface area contributed by atoms with Crippen molar-refractivity contribution in [1.29, 1.82) is 0 Å². The van der Waals surface area contributed by atoms with Gasteiger partial charge in [0.1, 0.15) is 17.6 Å². The second-order valence-electron chi connectivity index (χ2n) is 6.94. The maximum atomic E-state index is 12.8. The molecule has 0 amide bonds. The number of nitrogens with one attached hydrogen (secondary N) is 2. The van der Waals surface area contributed by atoms with Crippen molar-refractivity contribution in [3.63, 3.8) is 0 Å². The minimum Gasteiger partial charge on any atom is -0.405 e. The number of anilines is 1. The van der Waals surface area contributed by atoms with Gasteiger partial charge in [-0.25, -0.2) is 15.0 Å². The summed E-state index contributed by atoms with van der Waals surface area (Å²) in [5.41, 5.74) is 3.58. The van der Waals surface area contributed by atoms with Crippen molar-refractivity contribution in [2.75, 3.05) is 5.32 Å². The number of nitrogens with zero attached hydrogens (tertiary/aromatic N) is 4. The Labute approximate surface area is 179 Å². The molecule has 0 aliphatic heterocycles. The lowest BCUT2D eigenvalue weighted by molar-refractivity contribution is -0.274. The molecule has 0 saturated carbocycles. The molecule has 0 saturated heterocycles. The first-order valence-corrected chi connectivity index (χ1v) is 9.59. The van der Waals surface area contributed by atoms with Crippen molar-refractivity contribution in [2.24, 2.45) is 0 Å². The Morgan fingerprint density at radius 2 is 1.78 bits per heavy atom. The quantitative estimate of drug-likeness (QED) is 0.400. The lowest BCUT2D eigenvalue weighted by Gasteiger charge is -2.14. The standard InChI is InChI=1S/C22H15F3N6O/c23-22(24,25)32-17-7-2-1-5-15(17)16-6-3-4-14-8-13(9-26-18(14)16)10-27-20-19-21(29-11-28-19)31-12-30-20/h1-9,11-12H,10H2,(H2,27,28,29,30,31). The molecule has 3 heterocycles. The SMILES string of the molecule is FC(F)(F)Oc1ccccc1-c1cccc2cc(CNc3ncnc4nc[nH]c34)cnc12. The minimum atomic E-state index is -4.78. The number of imidazole rings is 1. The molecule has 0 fully saturated rings. The van der Waals surface area contributed by atoms with Gasteiger partial charge in [0.2, 0.25) is 0 Å². The van der Waals surface area contributed by atoms with Crippen LogP contribution in [0.15, 0.2) is 67.4 Å². The fourth-order valence-corrected chi connectivity index (χ4v) is 3.51. The number of hydrogen-bond donors (Lipinski definition) is 2. The molecule has 0 radical (unpaired) electrons. The number of aromatic amines is 1. The highest BCUT2D eigenvalue weighted by atomic mass is 19.4. The molecule has 2 aromatic carbocycles. The van der Waals surface area contributed by atoms with Crippen molar-refractivity contribution in [2.45, 2.75) is 12.9 Å². The lowest BCUT2D eigenvalue weighted by atomic mass is 10.0. The molecule has 0 spiro atoms. The largest absolute Gasteiger partial charge is 0.573 e. The van der Waals surface area contributed by atoms with E-state index in [2.05, 4.69) is 35.0 Å². The highest BCUT2D eigenvalue weighted by molar-refractivity contribution is 5.95. The number of rotatable bonds is 5. The van der Waals surface area contributed by atoms with Crippen LogP contribution in [-0.2, 0) is 6.54 Å². The Morgan fingerprint density at radius 3 is 2.66 bits per heavy atom. The van der Waals surface area contributed by atoms with E-state index in [1.54, 1.807) is 36.8 Å². The summed E-state index contributed by atoms with van der Waals surface area (Å²) in [7, 11) is 0. The second kappa shape index (κ2) is 7.80. The van der Waals surface area contributed by atoms with Crippen LogP contribution >= 0.6 is 0 Å². The molecule has 32 heavy (non-hydrogen) atoms. The smallest absolute Gasteiger partial charge is 0.405 e. The molecule has 5 rings (SSSR count). The van der Waals surface area contributed by atoms with Crippen LogP contribution in [0.2, 0.25) is 0 Å². The Kier molecular flexibility index (Phi) is 4.81. The topological polar surface area (TPSA) is 88.6 Å². The molecular formula is C22H15F3N6O. The Morgan fingerprint density at radius 1 is 0.938 bits per heavy atom. The summed E-state index contributed by atoms with van der Waals surface area (Å²) in [5, 5.41) is 4.02. The van der Waals surface area contributed by atoms with E-state index in [4.69, 9.17) is 0 Å². The van der Waals surface area contributed by atoms with Gasteiger partial charge in [-0.1, -0.05) is 36.4 Å². The molecule has 3 aromatic heterocycles. The maximum absolute atomic E-state index is 12.8. The second-order valence-corrected chi connectivity index (χ2v) is 6.94. The van der Waals surface area contributed by atoms with Crippen LogP contribution in [0, 0.1) is 0 Å². The Bertz CT molecular complexity index is 1420. The van der Waals surface area contributed by atoms with E-state index in [0.717, 1.165) is 10.9 Å². The molecule has 5 aromatic rings. The fourth-order valence-electron chi connectivity index (χ4n) is 3.51. The number of hydrogen-bond acceptors (Lipinski definition) is 6. The molecule has 0 bridgehead atoms. The first kappa shape index (κ1) is 19.7. The number of H-pyrrole nitrogens is 1. The van der Waals surface area contributed by atoms with E-state index in [-0.39, 0.29) is 5.75 Å². The molecule has 0 aliphatic rings. The van der Waals surface area contributed by atoms with Crippen molar-refractivity contribution in [3.8, 4) is 16.9 Å². The number of pyridine rings is 1. The van der Waals surface area contributed by atoms with E-state index < -0.39 is 6.36 Å². The van der Waals surface area contributed by atoms with Crippen LogP contribution in [0.1, 0.15) is 5.56 Å². The maximum Gasteiger partial charge on any atom is 0.573 e. The zero-order valence-corrected chi connectivity index (χ0v) is 16.4. The predicted octanol–water partition coefficient (Wildman–Crippen LogP) is 5.08. The summed E-state index contributed by atoms with van der Waals surface area (Å²) >= 11 is 0. The number of alkyl halides is 3. The zero-order valence-electron chi connectivity index (χ0n) is 16.4. The average molecular weight is 436 g/mol. The first-order chi connectivity index (χ1) is 15.5. The highest BCUT2D eigenvalue weighted by Crippen LogP contribution is 2.36. The van der Waals surface area contributed by atoms with E-state index >= 15 is 0 Å². The normalized spacial score (nSPS) is 11.7. The third-order valence-corrected chi connectivity index (χ3v) is 4.85. The number of para-hydroxylation sites is 2. The van der Waals surface area contributed by atoms with Crippen molar-refractivity contribution in [3.05, 3.63) is 72.9 Å². The van der Waals surface area contributed by atoms with Gasteiger partial charge in [0.25, 0.3) is 0 Å². The number of ether oxygens (including phenoxy) is 1. The Hall–Kier alpha value is -4.21. The van der Waals surface area contributed by atoms with Gasteiger partial charge < -0.3 is 15.0 Å². The molecule has 7 nitrogen and oxygen atoms in total. The lowest BCUT2D eigenvalue weighted by Crippen LogP contribution is -2.17. The van der Waals surface area contributed by atoms with Gasteiger partial charge in [0, 0.05) is 29.3 Å². The van der Waals surface area contributed by atoms with Crippen molar-refractivity contribution in [1.82, 2.24) is 24.9 Å². The summed E-state index contributed by atoms with van der Waals surface area (Å²) in [5.74, 6) is 0.340. The van der Waals surface area contributed by atoms with Gasteiger partial charge in [0.05, 0.1) is 11.8 Å². The predicted molar refractivity (Wildman–Crippen MR) is 113 cm³/mol. The van der Waals surface area contributed by atoms with Gasteiger partial charge in [-0.2, -0.15) is 0 Å². The molecule has 160 valence electrons. The van der Waals surface area contributed by atoms with Gasteiger partial charge in [-0.05, 0) is 17.7 Å². The Balaban J connectivity index is 1.47. The van der Waals surface area contributed by atoms with Gasteiger partial charge in [-0.3, -0.25) is 4.98 Å². The van der Waals surface area contributed by atoms with Gasteiger partial charge in [0.15, 0.2) is 11.5 Å². The highest BCUT2D eigenvalue weighted by Gasteiger charge is 2.32. The van der Waals surface area contributed by atoms with Crippen LogP contribution in [0.25, 0.3) is 33.2 Å². The van der Waals surface area contributed by atoms with Crippen LogP contribution in [0.4, 0.5) is 19.0 Å². The molecule has 10 heteroatoms.